The molecule has 1 aliphatic rings. The Kier molecular flexibility index (Phi) is 11.5. The van der Waals surface area contributed by atoms with Crippen LogP contribution in [0.5, 0.6) is 0 Å². The number of hydrogen-bond acceptors (Lipinski definition) is 7. The van der Waals surface area contributed by atoms with Crippen LogP contribution in [-0.4, -0.2) is 68.0 Å². The van der Waals surface area contributed by atoms with Crippen molar-refractivity contribution in [3.8, 4) is 11.1 Å². The fourth-order valence-electron chi connectivity index (χ4n) is 7.10. The van der Waals surface area contributed by atoms with Crippen LogP contribution < -0.4 is 5.56 Å². The zero-order valence-corrected chi connectivity index (χ0v) is 30.6. The van der Waals surface area contributed by atoms with Crippen molar-refractivity contribution in [2.75, 3.05) is 20.2 Å². The lowest BCUT2D eigenvalue weighted by molar-refractivity contribution is -0.155. The van der Waals surface area contributed by atoms with Gasteiger partial charge in [0.2, 0.25) is 5.91 Å². The summed E-state index contributed by atoms with van der Waals surface area (Å²) in [4.78, 5) is 52.7. The largest absolute Gasteiger partial charge is 0.468 e. The first-order valence-corrected chi connectivity index (χ1v) is 17.8. The van der Waals surface area contributed by atoms with E-state index in [9.17, 15) is 36.3 Å². The first-order valence-electron chi connectivity index (χ1n) is 17.8. The average Bonchev–Trinajstić information content (AvgIpc) is 3.18. The summed E-state index contributed by atoms with van der Waals surface area (Å²) in [5, 5.41) is 0.194. The SMILES string of the molecule is COC(=O)C(C)(C)N1CCC(N(Cc2ccc(-c3ccc(C(F)(F)F)cc3)cc2)C(=O)Cn2c(CCc3cccc(F)c3F)nc(=O)c3cccnc32)CC1. The van der Waals surface area contributed by atoms with Gasteiger partial charge in [-0.1, -0.05) is 48.5 Å². The second kappa shape index (κ2) is 16.1. The van der Waals surface area contributed by atoms with E-state index in [2.05, 4.69) is 9.97 Å². The van der Waals surface area contributed by atoms with E-state index in [1.54, 1.807) is 47.6 Å². The second-order valence-electron chi connectivity index (χ2n) is 14.1. The topological polar surface area (TPSA) is 97.6 Å². The Morgan fingerprint density at radius 1 is 0.891 bits per heavy atom. The number of halogens is 5. The van der Waals surface area contributed by atoms with Crippen molar-refractivity contribution in [2.45, 2.75) is 70.4 Å². The number of benzene rings is 3. The molecular weight excluding hydrogens is 721 g/mol. The number of pyridine rings is 1. The number of aryl methyl sites for hydroxylation is 2. The van der Waals surface area contributed by atoms with Crippen molar-refractivity contribution in [1.82, 2.24) is 24.3 Å². The highest BCUT2D eigenvalue weighted by atomic mass is 19.4. The third kappa shape index (κ3) is 8.59. The summed E-state index contributed by atoms with van der Waals surface area (Å²) in [5.41, 5.74) is 0.195. The van der Waals surface area contributed by atoms with E-state index in [1.165, 1.54) is 37.6 Å². The van der Waals surface area contributed by atoms with Crippen molar-refractivity contribution in [1.29, 1.82) is 0 Å². The van der Waals surface area contributed by atoms with Crippen molar-refractivity contribution in [3.63, 3.8) is 0 Å². The fourth-order valence-corrected chi connectivity index (χ4v) is 7.10. The van der Waals surface area contributed by atoms with Crippen LogP contribution in [0.25, 0.3) is 22.2 Å². The third-order valence-corrected chi connectivity index (χ3v) is 10.3. The number of nitrogens with zero attached hydrogens (tertiary/aromatic N) is 5. The van der Waals surface area contributed by atoms with Crippen molar-refractivity contribution in [2.24, 2.45) is 0 Å². The van der Waals surface area contributed by atoms with Crippen molar-refractivity contribution in [3.05, 3.63) is 130 Å². The molecule has 0 radical (unpaired) electrons. The molecule has 1 aliphatic heterocycles. The van der Waals surface area contributed by atoms with Gasteiger partial charge in [-0.05, 0) is 85.7 Å². The quantitative estimate of drug-likeness (QED) is 0.106. The van der Waals surface area contributed by atoms with Gasteiger partial charge in [-0.25, -0.2) is 13.8 Å². The maximum absolute atomic E-state index is 14.6. The molecule has 0 saturated carbocycles. The molecule has 0 spiro atoms. The minimum Gasteiger partial charge on any atom is -0.468 e. The summed E-state index contributed by atoms with van der Waals surface area (Å²) in [5.74, 6) is -2.49. The minimum atomic E-state index is -4.45. The van der Waals surface area contributed by atoms with E-state index in [0.717, 1.165) is 23.8 Å². The van der Waals surface area contributed by atoms with Crippen LogP contribution in [0, 0.1) is 11.6 Å². The molecule has 1 amide bonds. The van der Waals surface area contributed by atoms with Crippen molar-refractivity contribution < 1.29 is 36.3 Å². The summed E-state index contributed by atoms with van der Waals surface area (Å²) < 4.78 is 74.6. The van der Waals surface area contributed by atoms with E-state index in [0.29, 0.717) is 37.1 Å². The number of rotatable bonds is 11. The van der Waals surface area contributed by atoms with Crippen molar-refractivity contribution >= 4 is 22.9 Å². The number of amides is 1. The number of likely N-dealkylation sites (tertiary alicyclic amines) is 1. The average molecular weight is 762 g/mol. The lowest BCUT2D eigenvalue weighted by Crippen LogP contribution is -2.56. The summed E-state index contributed by atoms with van der Waals surface area (Å²) in [7, 11) is 1.34. The molecule has 288 valence electrons. The number of hydrogen-bond donors (Lipinski definition) is 0. The molecular formula is C41H40F5N5O4. The Morgan fingerprint density at radius 3 is 2.18 bits per heavy atom. The van der Waals surface area contributed by atoms with E-state index < -0.39 is 34.5 Å². The van der Waals surface area contributed by atoms with Gasteiger partial charge in [0.05, 0.1) is 18.1 Å². The van der Waals surface area contributed by atoms with Gasteiger partial charge in [0, 0.05) is 38.3 Å². The van der Waals surface area contributed by atoms with Gasteiger partial charge in [0.1, 0.15) is 23.6 Å². The Bertz CT molecular complexity index is 2230. The molecule has 3 aromatic carbocycles. The number of piperidine rings is 1. The van der Waals surface area contributed by atoms with Crippen LogP contribution in [0.4, 0.5) is 22.0 Å². The molecule has 9 nitrogen and oxygen atoms in total. The molecule has 6 rings (SSSR count). The Labute approximate surface area is 314 Å². The highest BCUT2D eigenvalue weighted by molar-refractivity contribution is 5.81. The molecule has 1 saturated heterocycles. The van der Waals surface area contributed by atoms with Crippen LogP contribution in [0.3, 0.4) is 0 Å². The molecule has 14 heteroatoms. The van der Waals surface area contributed by atoms with E-state index in [4.69, 9.17) is 4.74 Å². The summed E-state index contributed by atoms with van der Waals surface area (Å²) >= 11 is 0. The third-order valence-electron chi connectivity index (χ3n) is 10.3. The Balaban J connectivity index is 1.31. The zero-order chi connectivity index (χ0) is 39.5. The number of ether oxygens (including phenoxy) is 1. The predicted molar refractivity (Wildman–Crippen MR) is 196 cm³/mol. The second-order valence-corrected chi connectivity index (χ2v) is 14.1. The van der Waals surface area contributed by atoms with Gasteiger partial charge >= 0.3 is 12.1 Å². The predicted octanol–water partition coefficient (Wildman–Crippen LogP) is 6.99. The van der Waals surface area contributed by atoms with Crippen LogP contribution in [0.1, 0.15) is 49.2 Å². The molecule has 55 heavy (non-hydrogen) atoms. The molecule has 0 unspecified atom stereocenters. The molecule has 0 N–H and O–H groups in total. The number of carbonyl (C=O) groups excluding carboxylic acids is 2. The highest BCUT2D eigenvalue weighted by Gasteiger charge is 2.39. The van der Waals surface area contributed by atoms with E-state index >= 15 is 0 Å². The van der Waals surface area contributed by atoms with E-state index in [-0.39, 0.29) is 66.3 Å². The maximum atomic E-state index is 14.6. The van der Waals surface area contributed by atoms with Gasteiger partial charge in [-0.15, -0.1) is 0 Å². The van der Waals surface area contributed by atoms with Gasteiger partial charge in [-0.3, -0.25) is 19.3 Å². The summed E-state index contributed by atoms with van der Waals surface area (Å²) in [6, 6.07) is 18.8. The molecule has 0 bridgehead atoms. The van der Waals surface area contributed by atoms with Gasteiger partial charge in [0.15, 0.2) is 11.6 Å². The Hall–Kier alpha value is -5.50. The fraction of sp³-hybridized carbons (Fsp3) is 0.341. The summed E-state index contributed by atoms with van der Waals surface area (Å²) in [6.45, 7) is 4.49. The molecule has 0 atom stereocenters. The van der Waals surface area contributed by atoms with Crippen LogP contribution in [-0.2, 0) is 46.4 Å². The molecule has 5 aromatic rings. The van der Waals surface area contributed by atoms with Crippen LogP contribution >= 0.6 is 0 Å². The smallest absolute Gasteiger partial charge is 0.416 e. The van der Waals surface area contributed by atoms with Gasteiger partial charge in [0.25, 0.3) is 5.56 Å². The van der Waals surface area contributed by atoms with E-state index in [1.807, 2.05) is 17.0 Å². The Morgan fingerprint density at radius 2 is 1.55 bits per heavy atom. The molecule has 0 aliphatic carbocycles. The first kappa shape index (κ1) is 39.2. The number of aromatic nitrogens is 3. The standard InChI is InChI=1S/C41H40F5N5O4/c1-40(2,39(54)55-3)49-22-19-31(20-23-49)50(24-26-9-11-27(12-10-26)28-13-16-30(17-14-28)41(44,45)46)35(52)25-51-34(18-15-29-6-4-8-33(42)36(29)43)48-38(53)32-7-5-21-47-37(32)51/h4-14,16-17,21,31H,15,18-20,22-25H2,1-3H3. The molecule has 2 aromatic heterocycles. The number of fused-ring (bicyclic) bond motifs is 1. The summed E-state index contributed by atoms with van der Waals surface area (Å²) in [6.07, 6.45) is -1.87. The number of alkyl halides is 3. The van der Waals surface area contributed by atoms with Crippen LogP contribution in [0.15, 0.2) is 89.9 Å². The van der Waals surface area contributed by atoms with Crippen LogP contribution in [0.2, 0.25) is 0 Å². The number of methoxy groups -OCH3 is 1. The van der Waals surface area contributed by atoms with Gasteiger partial charge in [-0.2, -0.15) is 18.2 Å². The molecule has 1 fully saturated rings. The number of carbonyl (C=O) groups is 2. The first-order chi connectivity index (χ1) is 26.2. The monoisotopic (exact) mass is 761 g/mol. The normalized spacial score (nSPS) is 14.3. The minimum absolute atomic E-state index is 0.00595. The zero-order valence-electron chi connectivity index (χ0n) is 30.6. The number of esters is 1. The highest BCUT2D eigenvalue weighted by Crippen LogP contribution is 2.32. The lowest BCUT2D eigenvalue weighted by atomic mass is 9.95. The molecule has 3 heterocycles. The lowest BCUT2D eigenvalue weighted by Gasteiger charge is -2.44. The maximum Gasteiger partial charge on any atom is 0.416 e. The van der Waals surface area contributed by atoms with Gasteiger partial charge < -0.3 is 14.2 Å².